The van der Waals surface area contributed by atoms with Crippen molar-refractivity contribution in [1.29, 1.82) is 0 Å². The minimum absolute atomic E-state index is 0.0926. The van der Waals surface area contributed by atoms with Crippen LogP contribution >= 0.6 is 0 Å². The topological polar surface area (TPSA) is 66.4 Å². The molecule has 1 saturated carbocycles. The average molecular weight is 324 g/mol. The van der Waals surface area contributed by atoms with E-state index in [1.807, 2.05) is 53.4 Å². The van der Waals surface area contributed by atoms with Crippen LogP contribution in [0.5, 0.6) is 0 Å². The van der Waals surface area contributed by atoms with Gasteiger partial charge in [-0.2, -0.15) is 0 Å². The molecule has 0 spiro atoms. The number of amides is 3. The fraction of sp³-hybridized carbons (Fsp3) is 0.333. The molecule has 0 bridgehead atoms. The van der Waals surface area contributed by atoms with Gasteiger partial charge in [-0.1, -0.05) is 6.07 Å². The highest BCUT2D eigenvalue weighted by atomic mass is 16.2. The normalized spacial score (nSPS) is 17.2. The van der Waals surface area contributed by atoms with Crippen molar-refractivity contribution in [1.82, 2.24) is 14.8 Å². The minimum Gasteiger partial charge on any atom is -0.350 e. The summed E-state index contributed by atoms with van der Waals surface area (Å²) in [5.74, 6) is 0.351. The molecule has 2 aliphatic rings. The van der Waals surface area contributed by atoms with Gasteiger partial charge in [0.25, 0.3) is 0 Å². The number of hydrogen-bond donors (Lipinski definition) is 2. The Morgan fingerprint density at radius 2 is 1.79 bits per heavy atom. The number of likely N-dealkylation sites (tertiary alicyclic amines) is 1. The summed E-state index contributed by atoms with van der Waals surface area (Å²) in [5.41, 5.74) is 1.76. The maximum Gasteiger partial charge on any atom is 0.321 e. The Bertz CT molecular complexity index is 746. The number of carbonyl (C=O) groups excluding carboxylic acids is 2. The van der Waals surface area contributed by atoms with Crippen molar-refractivity contribution in [2.75, 3.05) is 18.4 Å². The van der Waals surface area contributed by atoms with Gasteiger partial charge in [0.05, 0.1) is 6.04 Å². The summed E-state index contributed by atoms with van der Waals surface area (Å²) in [4.78, 5) is 25.7. The molecular weight excluding hydrogens is 304 g/mol. The van der Waals surface area contributed by atoms with Crippen LogP contribution in [0.3, 0.4) is 0 Å². The van der Waals surface area contributed by atoms with Gasteiger partial charge < -0.3 is 20.1 Å². The van der Waals surface area contributed by atoms with Crippen molar-refractivity contribution in [3.05, 3.63) is 48.8 Å². The number of rotatable bonds is 4. The van der Waals surface area contributed by atoms with Gasteiger partial charge in [-0.05, 0) is 43.2 Å². The van der Waals surface area contributed by atoms with E-state index < -0.39 is 0 Å². The molecule has 0 atom stereocenters. The lowest BCUT2D eigenvalue weighted by atomic mass is 10.1. The van der Waals surface area contributed by atoms with E-state index in [0.29, 0.717) is 13.1 Å². The summed E-state index contributed by atoms with van der Waals surface area (Å²) in [6, 6.07) is 11.6. The second kappa shape index (κ2) is 6.03. The van der Waals surface area contributed by atoms with E-state index >= 15 is 0 Å². The van der Waals surface area contributed by atoms with Crippen LogP contribution in [0.2, 0.25) is 0 Å². The summed E-state index contributed by atoms with van der Waals surface area (Å²) >= 11 is 0. The molecule has 1 aliphatic carbocycles. The van der Waals surface area contributed by atoms with Crippen molar-refractivity contribution in [2.24, 2.45) is 5.92 Å². The van der Waals surface area contributed by atoms with Gasteiger partial charge in [-0.25, -0.2) is 4.79 Å². The van der Waals surface area contributed by atoms with E-state index in [-0.39, 0.29) is 23.9 Å². The van der Waals surface area contributed by atoms with Crippen molar-refractivity contribution in [3.63, 3.8) is 0 Å². The Labute approximate surface area is 140 Å². The van der Waals surface area contributed by atoms with Gasteiger partial charge in [0.1, 0.15) is 0 Å². The summed E-state index contributed by atoms with van der Waals surface area (Å²) in [6.45, 7) is 1.14. The third-order valence-electron chi connectivity index (χ3n) is 4.46. The number of carbonyl (C=O) groups is 2. The highest BCUT2D eigenvalue weighted by Gasteiger charge is 2.36. The third kappa shape index (κ3) is 3.13. The average Bonchev–Trinajstić information content (AvgIpc) is 3.25. The standard InChI is InChI=1S/C18H20N4O2/c23-17(13-6-7-13)19-15-11-22(12-15)18(24)20-14-4-3-5-16(10-14)21-8-1-2-9-21/h1-5,8-10,13,15H,6-7,11-12H2,(H,19,23)(H,20,24). The first kappa shape index (κ1) is 14.8. The Balaban J connectivity index is 1.31. The molecule has 2 N–H and O–H groups in total. The minimum atomic E-state index is -0.128. The maximum absolute atomic E-state index is 12.3. The Kier molecular flexibility index (Phi) is 3.72. The fourth-order valence-corrected chi connectivity index (χ4v) is 2.85. The monoisotopic (exact) mass is 324 g/mol. The molecule has 2 fully saturated rings. The Morgan fingerprint density at radius 3 is 2.50 bits per heavy atom. The second-order valence-electron chi connectivity index (χ2n) is 6.46. The predicted molar refractivity (Wildman–Crippen MR) is 91.0 cm³/mol. The largest absolute Gasteiger partial charge is 0.350 e. The molecule has 2 heterocycles. The molecule has 1 aromatic carbocycles. The van der Waals surface area contributed by atoms with Gasteiger partial charge in [0.2, 0.25) is 5.91 Å². The van der Waals surface area contributed by atoms with Crippen LogP contribution < -0.4 is 10.6 Å². The lowest BCUT2D eigenvalue weighted by molar-refractivity contribution is -0.123. The van der Waals surface area contributed by atoms with Gasteiger partial charge in [0, 0.05) is 42.8 Å². The molecule has 24 heavy (non-hydrogen) atoms. The molecule has 6 heteroatoms. The number of urea groups is 1. The molecule has 1 aliphatic heterocycles. The van der Waals surface area contributed by atoms with Crippen LogP contribution in [0.25, 0.3) is 5.69 Å². The van der Waals surface area contributed by atoms with Crippen molar-refractivity contribution in [2.45, 2.75) is 18.9 Å². The van der Waals surface area contributed by atoms with Crippen molar-refractivity contribution < 1.29 is 9.59 Å². The molecule has 0 radical (unpaired) electrons. The number of nitrogens with zero attached hydrogens (tertiary/aromatic N) is 2. The highest BCUT2D eigenvalue weighted by molar-refractivity contribution is 5.90. The van der Waals surface area contributed by atoms with E-state index in [2.05, 4.69) is 10.6 Å². The number of benzene rings is 1. The van der Waals surface area contributed by atoms with Gasteiger partial charge in [0.15, 0.2) is 0 Å². The molecule has 2 aromatic rings. The van der Waals surface area contributed by atoms with Crippen LogP contribution in [0, 0.1) is 5.92 Å². The molecule has 124 valence electrons. The van der Waals surface area contributed by atoms with Gasteiger partial charge >= 0.3 is 6.03 Å². The number of hydrogen-bond acceptors (Lipinski definition) is 2. The van der Waals surface area contributed by atoms with Crippen LogP contribution in [-0.2, 0) is 4.79 Å². The van der Waals surface area contributed by atoms with E-state index in [4.69, 9.17) is 0 Å². The van der Waals surface area contributed by atoms with Crippen LogP contribution in [0.1, 0.15) is 12.8 Å². The number of aromatic nitrogens is 1. The molecule has 6 nitrogen and oxygen atoms in total. The van der Waals surface area contributed by atoms with Crippen molar-refractivity contribution in [3.8, 4) is 5.69 Å². The first-order valence-corrected chi connectivity index (χ1v) is 8.29. The zero-order chi connectivity index (χ0) is 16.5. The maximum atomic E-state index is 12.3. The van der Waals surface area contributed by atoms with Crippen molar-refractivity contribution >= 4 is 17.6 Å². The lowest BCUT2D eigenvalue weighted by Crippen LogP contribution is -2.62. The number of nitrogens with one attached hydrogen (secondary N) is 2. The third-order valence-corrected chi connectivity index (χ3v) is 4.46. The highest BCUT2D eigenvalue weighted by Crippen LogP contribution is 2.29. The second-order valence-corrected chi connectivity index (χ2v) is 6.46. The Hall–Kier alpha value is -2.76. The smallest absolute Gasteiger partial charge is 0.321 e. The van der Waals surface area contributed by atoms with Crippen LogP contribution in [0.4, 0.5) is 10.5 Å². The number of anilines is 1. The first-order valence-electron chi connectivity index (χ1n) is 8.29. The molecule has 4 rings (SSSR count). The SMILES string of the molecule is O=C(NC1CN(C(=O)Nc2cccc(-n3cccc3)c2)C1)C1CC1. The van der Waals surface area contributed by atoms with Crippen LogP contribution in [-0.4, -0.2) is 40.5 Å². The van der Waals surface area contributed by atoms with E-state index in [0.717, 1.165) is 24.2 Å². The first-order chi connectivity index (χ1) is 11.7. The van der Waals surface area contributed by atoms with E-state index in [9.17, 15) is 9.59 Å². The van der Waals surface area contributed by atoms with Gasteiger partial charge in [-0.3, -0.25) is 4.79 Å². The summed E-state index contributed by atoms with van der Waals surface area (Å²) in [6.07, 6.45) is 5.92. The summed E-state index contributed by atoms with van der Waals surface area (Å²) in [5, 5.41) is 5.91. The van der Waals surface area contributed by atoms with Crippen LogP contribution in [0.15, 0.2) is 48.8 Å². The molecule has 0 unspecified atom stereocenters. The molecule has 1 saturated heterocycles. The Morgan fingerprint density at radius 1 is 1.04 bits per heavy atom. The molecule has 1 aromatic heterocycles. The van der Waals surface area contributed by atoms with Gasteiger partial charge in [-0.15, -0.1) is 0 Å². The lowest BCUT2D eigenvalue weighted by Gasteiger charge is -2.39. The van der Waals surface area contributed by atoms with E-state index in [1.54, 1.807) is 4.90 Å². The predicted octanol–water partition coefficient (Wildman–Crippen LogP) is 2.22. The zero-order valence-electron chi connectivity index (χ0n) is 13.3. The molecular formula is C18H20N4O2. The quantitative estimate of drug-likeness (QED) is 0.905. The summed E-state index contributed by atoms with van der Waals surface area (Å²) in [7, 11) is 0. The zero-order valence-corrected chi connectivity index (χ0v) is 13.3. The fourth-order valence-electron chi connectivity index (χ4n) is 2.85. The summed E-state index contributed by atoms with van der Waals surface area (Å²) < 4.78 is 1.99. The van der Waals surface area contributed by atoms with E-state index in [1.165, 1.54) is 0 Å². The molecule has 3 amide bonds.